The largest absolute Gasteiger partial charge is 0.344 e. The van der Waals surface area contributed by atoms with E-state index in [1.165, 1.54) is 25.7 Å². The predicted octanol–water partition coefficient (Wildman–Crippen LogP) is 2.57. The molecule has 1 fully saturated rings. The van der Waals surface area contributed by atoms with E-state index in [1.807, 2.05) is 14.0 Å². The zero-order valence-electron chi connectivity index (χ0n) is 10.4. The van der Waals surface area contributed by atoms with Crippen molar-refractivity contribution in [3.8, 4) is 6.07 Å². The van der Waals surface area contributed by atoms with Gasteiger partial charge in [0, 0.05) is 13.6 Å². The zero-order chi connectivity index (χ0) is 12.0. The van der Waals surface area contributed by atoms with E-state index in [0.717, 1.165) is 13.0 Å². The van der Waals surface area contributed by atoms with Crippen LogP contribution in [-0.4, -0.2) is 24.4 Å². The van der Waals surface area contributed by atoms with Crippen LogP contribution in [0, 0.1) is 23.2 Å². The van der Waals surface area contributed by atoms with Gasteiger partial charge < -0.3 is 4.90 Å². The van der Waals surface area contributed by atoms with E-state index in [-0.39, 0.29) is 5.91 Å². The van der Waals surface area contributed by atoms with Crippen LogP contribution in [0.1, 0.15) is 45.4 Å². The Morgan fingerprint density at radius 2 is 2.12 bits per heavy atom. The van der Waals surface area contributed by atoms with Crippen molar-refractivity contribution in [2.75, 3.05) is 13.6 Å². The van der Waals surface area contributed by atoms with Crippen LogP contribution >= 0.6 is 0 Å². The van der Waals surface area contributed by atoms with Gasteiger partial charge in [0.2, 0.25) is 5.91 Å². The number of nitrogens with zero attached hydrogens (tertiary/aromatic N) is 2. The highest BCUT2D eigenvalue weighted by molar-refractivity contribution is 5.80. The molecule has 3 heteroatoms. The van der Waals surface area contributed by atoms with E-state index in [0.29, 0.717) is 12.3 Å². The first-order valence-electron chi connectivity index (χ1n) is 6.33. The van der Waals surface area contributed by atoms with Crippen molar-refractivity contribution >= 4 is 5.91 Å². The monoisotopic (exact) mass is 222 g/mol. The summed E-state index contributed by atoms with van der Waals surface area (Å²) in [5.74, 6) is 0.238. The Hall–Kier alpha value is -1.04. The number of nitriles is 1. The van der Waals surface area contributed by atoms with Crippen molar-refractivity contribution in [2.45, 2.75) is 45.4 Å². The number of rotatable bonds is 5. The molecule has 0 aromatic heterocycles. The summed E-state index contributed by atoms with van der Waals surface area (Å²) < 4.78 is 0. The first-order valence-corrected chi connectivity index (χ1v) is 6.33. The van der Waals surface area contributed by atoms with Crippen LogP contribution in [0.3, 0.4) is 0 Å². The Morgan fingerprint density at radius 1 is 1.50 bits per heavy atom. The van der Waals surface area contributed by atoms with Crippen molar-refractivity contribution in [1.82, 2.24) is 4.90 Å². The molecule has 1 amide bonds. The molecule has 0 aromatic carbocycles. The van der Waals surface area contributed by atoms with E-state index < -0.39 is 5.92 Å². The van der Waals surface area contributed by atoms with Gasteiger partial charge in [-0.2, -0.15) is 5.26 Å². The topological polar surface area (TPSA) is 44.1 Å². The van der Waals surface area contributed by atoms with E-state index in [1.54, 1.807) is 4.90 Å². The normalized spacial score (nSPS) is 18.1. The van der Waals surface area contributed by atoms with Gasteiger partial charge in [0.15, 0.2) is 0 Å². The average Bonchev–Trinajstić information content (AvgIpc) is 2.77. The molecule has 0 saturated heterocycles. The summed E-state index contributed by atoms with van der Waals surface area (Å²) in [7, 11) is 1.83. The Balaban J connectivity index is 2.42. The summed E-state index contributed by atoms with van der Waals surface area (Å²) in [4.78, 5) is 13.7. The maximum atomic E-state index is 12.0. The molecule has 0 bridgehead atoms. The van der Waals surface area contributed by atoms with Gasteiger partial charge in [-0.05, 0) is 25.2 Å². The van der Waals surface area contributed by atoms with Crippen molar-refractivity contribution in [3.63, 3.8) is 0 Å². The van der Waals surface area contributed by atoms with E-state index in [4.69, 9.17) is 5.26 Å². The van der Waals surface area contributed by atoms with Gasteiger partial charge in [-0.1, -0.05) is 26.2 Å². The van der Waals surface area contributed by atoms with Crippen LogP contribution < -0.4 is 0 Å². The minimum Gasteiger partial charge on any atom is -0.344 e. The van der Waals surface area contributed by atoms with Crippen LogP contribution in [0.25, 0.3) is 0 Å². The fourth-order valence-corrected chi connectivity index (χ4v) is 2.47. The predicted molar refractivity (Wildman–Crippen MR) is 63.6 cm³/mol. The molecule has 0 N–H and O–H groups in total. The number of hydrogen-bond donors (Lipinski definition) is 0. The van der Waals surface area contributed by atoms with E-state index >= 15 is 0 Å². The summed E-state index contributed by atoms with van der Waals surface area (Å²) in [6, 6.07) is 2.12. The molecule has 16 heavy (non-hydrogen) atoms. The lowest BCUT2D eigenvalue weighted by atomic mass is 10.0. The smallest absolute Gasteiger partial charge is 0.239 e. The molecule has 0 aromatic rings. The number of carbonyl (C=O) groups is 1. The maximum absolute atomic E-state index is 12.0. The molecule has 0 heterocycles. The summed E-state index contributed by atoms with van der Waals surface area (Å²) in [5, 5.41) is 8.94. The van der Waals surface area contributed by atoms with Crippen LogP contribution in [0.15, 0.2) is 0 Å². The molecule has 1 aliphatic rings. The van der Waals surface area contributed by atoms with Crippen LogP contribution in [0.2, 0.25) is 0 Å². The Morgan fingerprint density at radius 3 is 2.62 bits per heavy atom. The second-order valence-electron chi connectivity index (χ2n) is 4.84. The molecule has 3 nitrogen and oxygen atoms in total. The fourth-order valence-electron chi connectivity index (χ4n) is 2.47. The van der Waals surface area contributed by atoms with Crippen molar-refractivity contribution in [1.29, 1.82) is 5.26 Å². The molecule has 90 valence electrons. The minimum absolute atomic E-state index is 0.0104. The van der Waals surface area contributed by atoms with E-state index in [2.05, 4.69) is 6.07 Å². The number of hydrogen-bond acceptors (Lipinski definition) is 2. The highest BCUT2D eigenvalue weighted by Crippen LogP contribution is 2.25. The summed E-state index contributed by atoms with van der Waals surface area (Å²) >= 11 is 0. The van der Waals surface area contributed by atoms with Gasteiger partial charge >= 0.3 is 0 Å². The molecule has 1 aliphatic carbocycles. The lowest BCUT2D eigenvalue weighted by Gasteiger charge is -2.23. The van der Waals surface area contributed by atoms with E-state index in [9.17, 15) is 4.79 Å². The first kappa shape index (κ1) is 13.0. The maximum Gasteiger partial charge on any atom is 0.239 e. The Bertz CT molecular complexity index is 264. The average molecular weight is 222 g/mol. The second-order valence-corrected chi connectivity index (χ2v) is 4.84. The quantitative estimate of drug-likeness (QED) is 0.717. The van der Waals surface area contributed by atoms with Crippen LogP contribution in [-0.2, 0) is 4.79 Å². The molecular weight excluding hydrogens is 200 g/mol. The van der Waals surface area contributed by atoms with Crippen LogP contribution in [0.5, 0.6) is 0 Å². The summed E-state index contributed by atoms with van der Waals surface area (Å²) in [5.41, 5.74) is 0. The molecule has 0 spiro atoms. The second kappa shape index (κ2) is 6.52. The van der Waals surface area contributed by atoms with Gasteiger partial charge in [-0.3, -0.25) is 4.79 Å². The highest BCUT2D eigenvalue weighted by atomic mass is 16.2. The lowest BCUT2D eigenvalue weighted by molar-refractivity contribution is -0.133. The SMILES string of the molecule is CCCC(C#N)C(=O)N(C)CC1CCCC1. The Kier molecular flexibility index (Phi) is 5.31. The van der Waals surface area contributed by atoms with Gasteiger partial charge in [0.25, 0.3) is 0 Å². The molecule has 1 atom stereocenters. The van der Waals surface area contributed by atoms with Crippen LogP contribution in [0.4, 0.5) is 0 Å². The molecule has 1 saturated carbocycles. The summed E-state index contributed by atoms with van der Waals surface area (Å²) in [6.45, 7) is 2.84. The number of carbonyl (C=O) groups excluding carboxylic acids is 1. The first-order chi connectivity index (χ1) is 7.69. The fraction of sp³-hybridized carbons (Fsp3) is 0.846. The standard InChI is InChI=1S/C13H22N2O/c1-3-6-12(9-14)13(16)15(2)10-11-7-4-5-8-11/h11-12H,3-8,10H2,1-2H3. The van der Waals surface area contributed by atoms with Gasteiger partial charge in [0.1, 0.15) is 5.92 Å². The van der Waals surface area contributed by atoms with Crippen molar-refractivity contribution in [3.05, 3.63) is 0 Å². The van der Waals surface area contributed by atoms with Crippen molar-refractivity contribution < 1.29 is 4.79 Å². The molecule has 1 rings (SSSR count). The lowest BCUT2D eigenvalue weighted by Crippen LogP contribution is -2.35. The third-order valence-corrected chi connectivity index (χ3v) is 3.41. The Labute approximate surface area is 98.4 Å². The third-order valence-electron chi connectivity index (χ3n) is 3.41. The molecule has 0 radical (unpaired) electrons. The van der Waals surface area contributed by atoms with Gasteiger partial charge in [-0.15, -0.1) is 0 Å². The minimum atomic E-state index is -0.434. The third kappa shape index (κ3) is 3.52. The van der Waals surface area contributed by atoms with Crippen molar-refractivity contribution in [2.24, 2.45) is 11.8 Å². The summed E-state index contributed by atoms with van der Waals surface area (Å²) in [6.07, 6.45) is 6.64. The highest BCUT2D eigenvalue weighted by Gasteiger charge is 2.24. The van der Waals surface area contributed by atoms with Gasteiger partial charge in [0.05, 0.1) is 6.07 Å². The van der Waals surface area contributed by atoms with Gasteiger partial charge in [-0.25, -0.2) is 0 Å². The molecular formula is C13H22N2O. The number of amides is 1. The molecule has 0 aliphatic heterocycles. The zero-order valence-corrected chi connectivity index (χ0v) is 10.4. The molecule has 1 unspecified atom stereocenters.